The first-order valence-electron chi connectivity index (χ1n) is 7.31. The lowest BCUT2D eigenvalue weighted by molar-refractivity contribution is -0.118. The quantitative estimate of drug-likeness (QED) is 0.578. The van der Waals surface area contributed by atoms with E-state index in [1.807, 2.05) is 30.3 Å². The number of methoxy groups -OCH3 is 1. The lowest BCUT2D eigenvalue weighted by Gasteiger charge is -2.05. The molecule has 4 rings (SSSR count). The molecule has 9 heteroatoms. The van der Waals surface area contributed by atoms with E-state index in [1.54, 1.807) is 13.2 Å². The van der Waals surface area contributed by atoms with E-state index in [9.17, 15) is 4.79 Å². The molecule has 7 nitrogen and oxygen atoms in total. The molecular formula is C16H12N4O3S2. The fourth-order valence-corrected chi connectivity index (χ4v) is 3.73. The van der Waals surface area contributed by atoms with E-state index >= 15 is 0 Å². The number of hydrogen-bond donors (Lipinski definition) is 1. The Bertz CT molecular complexity index is 1060. The van der Waals surface area contributed by atoms with Gasteiger partial charge in [0, 0.05) is 0 Å². The molecule has 25 heavy (non-hydrogen) atoms. The highest BCUT2D eigenvalue weighted by Crippen LogP contribution is 2.29. The summed E-state index contributed by atoms with van der Waals surface area (Å²) in [5.41, 5.74) is 2.22. The first kappa shape index (κ1) is 15.7. The minimum Gasteiger partial charge on any atom is -0.497 e. The van der Waals surface area contributed by atoms with E-state index in [1.165, 1.54) is 11.3 Å². The molecule has 0 fully saturated rings. The Kier molecular flexibility index (Phi) is 4.16. The van der Waals surface area contributed by atoms with E-state index in [-0.39, 0.29) is 12.5 Å². The molecule has 0 bridgehead atoms. The molecule has 1 amide bonds. The van der Waals surface area contributed by atoms with Crippen molar-refractivity contribution in [2.45, 2.75) is 0 Å². The lowest BCUT2D eigenvalue weighted by atomic mass is 10.3. The molecule has 0 saturated carbocycles. The summed E-state index contributed by atoms with van der Waals surface area (Å²) in [5, 5.41) is 3.27. The molecule has 2 aromatic heterocycles. The zero-order valence-electron chi connectivity index (χ0n) is 13.1. The summed E-state index contributed by atoms with van der Waals surface area (Å²) in [6, 6.07) is 11.0. The summed E-state index contributed by atoms with van der Waals surface area (Å²) < 4.78 is 20.0. The first-order valence-corrected chi connectivity index (χ1v) is 8.86. The number of aromatic nitrogens is 3. The number of carbonyl (C=O) groups is 1. The van der Waals surface area contributed by atoms with Gasteiger partial charge in [-0.25, -0.2) is 4.98 Å². The topological polar surface area (TPSA) is 86.2 Å². The summed E-state index contributed by atoms with van der Waals surface area (Å²) in [6.45, 7) is -0.129. The fraction of sp³-hybridized carbons (Fsp3) is 0.125. The standard InChI is InChI=1S/C16H12N4O3S2/c1-22-9-5-6-10-13(7-9)24-16(17-10)18-14(21)8-23-12-4-2-3-11-15(12)20-25-19-11/h2-7H,8H2,1H3,(H,17,18,21). The zero-order chi connectivity index (χ0) is 17.2. The second kappa shape index (κ2) is 6.61. The van der Waals surface area contributed by atoms with Gasteiger partial charge in [0.1, 0.15) is 22.5 Å². The Morgan fingerprint density at radius 1 is 1.20 bits per heavy atom. The SMILES string of the molecule is COc1ccc2nc(NC(=O)COc3cccc4nsnc34)sc2c1. The number of carbonyl (C=O) groups excluding carboxylic acids is 1. The number of fused-ring (bicyclic) bond motifs is 2. The molecule has 126 valence electrons. The zero-order valence-corrected chi connectivity index (χ0v) is 14.7. The van der Waals surface area contributed by atoms with Crippen molar-refractivity contribution in [2.75, 3.05) is 19.0 Å². The predicted octanol–water partition coefficient (Wildman–Crippen LogP) is 3.33. The van der Waals surface area contributed by atoms with Gasteiger partial charge in [-0.05, 0) is 30.3 Å². The number of benzene rings is 2. The molecule has 4 aromatic rings. The van der Waals surface area contributed by atoms with E-state index < -0.39 is 0 Å². The van der Waals surface area contributed by atoms with E-state index in [2.05, 4.69) is 19.0 Å². The molecule has 0 unspecified atom stereocenters. The summed E-state index contributed by atoms with van der Waals surface area (Å²) >= 11 is 2.49. The van der Waals surface area contributed by atoms with Gasteiger partial charge < -0.3 is 9.47 Å². The molecule has 0 atom stereocenters. The van der Waals surface area contributed by atoms with Crippen LogP contribution in [0, 0.1) is 0 Å². The smallest absolute Gasteiger partial charge is 0.264 e. The lowest BCUT2D eigenvalue weighted by Crippen LogP contribution is -2.20. The van der Waals surface area contributed by atoms with E-state index in [0.29, 0.717) is 16.4 Å². The predicted molar refractivity (Wildman–Crippen MR) is 97.7 cm³/mol. The number of nitrogens with zero attached hydrogens (tertiary/aromatic N) is 3. The molecule has 1 N–H and O–H groups in total. The van der Waals surface area contributed by atoms with Gasteiger partial charge in [0.25, 0.3) is 5.91 Å². The van der Waals surface area contributed by atoms with Crippen LogP contribution in [0.5, 0.6) is 11.5 Å². The first-order chi connectivity index (χ1) is 12.2. The highest BCUT2D eigenvalue weighted by Gasteiger charge is 2.11. The number of amides is 1. The fourth-order valence-electron chi connectivity index (χ4n) is 2.28. The van der Waals surface area contributed by atoms with Crippen LogP contribution < -0.4 is 14.8 Å². The number of nitrogens with one attached hydrogen (secondary N) is 1. The molecule has 0 saturated heterocycles. The summed E-state index contributed by atoms with van der Waals surface area (Å²) in [4.78, 5) is 16.5. The third-order valence-electron chi connectivity index (χ3n) is 3.45. The second-order valence-electron chi connectivity index (χ2n) is 5.08. The van der Waals surface area contributed by atoms with Crippen LogP contribution >= 0.6 is 23.1 Å². The van der Waals surface area contributed by atoms with Crippen LogP contribution in [-0.4, -0.2) is 33.4 Å². The van der Waals surface area contributed by atoms with Gasteiger partial charge in [0.15, 0.2) is 11.7 Å². The highest BCUT2D eigenvalue weighted by molar-refractivity contribution is 7.22. The van der Waals surface area contributed by atoms with Crippen molar-refractivity contribution >= 4 is 55.4 Å². The van der Waals surface area contributed by atoms with Gasteiger partial charge in [0.05, 0.1) is 29.1 Å². The van der Waals surface area contributed by atoms with Gasteiger partial charge in [-0.2, -0.15) is 8.75 Å². The Hall–Kier alpha value is -2.78. The number of thiazole rings is 1. The van der Waals surface area contributed by atoms with Gasteiger partial charge in [-0.15, -0.1) is 0 Å². The maximum absolute atomic E-state index is 12.1. The van der Waals surface area contributed by atoms with Crippen LogP contribution in [-0.2, 0) is 4.79 Å². The molecule has 2 aromatic carbocycles. The van der Waals surface area contributed by atoms with Crippen molar-refractivity contribution in [3.8, 4) is 11.5 Å². The number of hydrogen-bond acceptors (Lipinski definition) is 8. The maximum Gasteiger partial charge on any atom is 0.264 e. The monoisotopic (exact) mass is 372 g/mol. The summed E-state index contributed by atoms with van der Waals surface area (Å²) in [7, 11) is 1.61. The normalized spacial score (nSPS) is 10.9. The number of rotatable bonds is 5. The molecule has 0 spiro atoms. The molecular weight excluding hydrogens is 360 g/mol. The average Bonchev–Trinajstić information content (AvgIpc) is 3.25. The summed E-state index contributed by atoms with van der Waals surface area (Å²) in [5.74, 6) is 1.00. The van der Waals surface area contributed by atoms with Crippen molar-refractivity contribution in [3.05, 3.63) is 36.4 Å². The largest absolute Gasteiger partial charge is 0.497 e. The van der Waals surface area contributed by atoms with Gasteiger partial charge in [-0.1, -0.05) is 17.4 Å². The Labute approximate surface area is 150 Å². The van der Waals surface area contributed by atoms with Gasteiger partial charge in [-0.3, -0.25) is 10.1 Å². The second-order valence-corrected chi connectivity index (χ2v) is 6.64. The van der Waals surface area contributed by atoms with Crippen LogP contribution in [0.4, 0.5) is 5.13 Å². The molecule has 0 aliphatic rings. The maximum atomic E-state index is 12.1. The van der Waals surface area contributed by atoms with Crippen LogP contribution in [0.3, 0.4) is 0 Å². The number of ether oxygens (including phenoxy) is 2. The Balaban J connectivity index is 1.44. The minimum absolute atomic E-state index is 0.129. The third kappa shape index (κ3) is 3.24. The number of anilines is 1. The van der Waals surface area contributed by atoms with E-state index in [4.69, 9.17) is 9.47 Å². The Morgan fingerprint density at radius 3 is 3.00 bits per heavy atom. The van der Waals surface area contributed by atoms with E-state index in [0.717, 1.165) is 33.2 Å². The average molecular weight is 372 g/mol. The molecule has 2 heterocycles. The van der Waals surface area contributed by atoms with Crippen LogP contribution in [0.2, 0.25) is 0 Å². The van der Waals surface area contributed by atoms with Crippen molar-refractivity contribution in [2.24, 2.45) is 0 Å². The van der Waals surface area contributed by atoms with Crippen LogP contribution in [0.25, 0.3) is 21.3 Å². The van der Waals surface area contributed by atoms with Crippen molar-refractivity contribution in [1.82, 2.24) is 13.7 Å². The van der Waals surface area contributed by atoms with Gasteiger partial charge >= 0.3 is 0 Å². The minimum atomic E-state index is -0.286. The summed E-state index contributed by atoms with van der Waals surface area (Å²) in [6.07, 6.45) is 0. The van der Waals surface area contributed by atoms with Crippen LogP contribution in [0.1, 0.15) is 0 Å². The highest BCUT2D eigenvalue weighted by atomic mass is 32.1. The molecule has 0 aliphatic heterocycles. The van der Waals surface area contributed by atoms with Crippen molar-refractivity contribution in [3.63, 3.8) is 0 Å². The third-order valence-corrected chi connectivity index (χ3v) is 4.93. The van der Waals surface area contributed by atoms with Crippen molar-refractivity contribution < 1.29 is 14.3 Å². The Morgan fingerprint density at radius 2 is 2.12 bits per heavy atom. The van der Waals surface area contributed by atoms with Crippen molar-refractivity contribution in [1.29, 1.82) is 0 Å². The molecule has 0 radical (unpaired) electrons. The van der Waals surface area contributed by atoms with Gasteiger partial charge in [0.2, 0.25) is 0 Å². The van der Waals surface area contributed by atoms with Crippen LogP contribution in [0.15, 0.2) is 36.4 Å². The molecule has 0 aliphatic carbocycles.